The molecule has 0 atom stereocenters. The number of methoxy groups -OCH3 is 1. The molecule has 1 aromatic rings. The first kappa shape index (κ1) is 15.8. The first-order valence-electron chi connectivity index (χ1n) is 6.39. The van der Waals surface area contributed by atoms with Crippen molar-refractivity contribution in [3.63, 3.8) is 0 Å². The Hall–Kier alpha value is -2.22. The third kappa shape index (κ3) is 5.19. The summed E-state index contributed by atoms with van der Waals surface area (Å²) >= 11 is 0. The standard InChI is InChI=1S/C15H20N2O3/c1-15(2,3)20-14(18)17-12-7-8-13(19-4)11(10-12)6-5-9-16/h7-8,10H,5-6H2,1-4H3,(H,17,18). The normalized spacial score (nSPS) is 10.6. The predicted molar refractivity (Wildman–Crippen MR) is 76.8 cm³/mol. The lowest BCUT2D eigenvalue weighted by atomic mass is 10.1. The number of aryl methyl sites for hydroxylation is 1. The van der Waals surface area contributed by atoms with Crippen molar-refractivity contribution in [2.45, 2.75) is 39.2 Å². The molecule has 0 unspecified atom stereocenters. The largest absolute Gasteiger partial charge is 0.496 e. The van der Waals surface area contributed by atoms with Crippen LogP contribution < -0.4 is 10.1 Å². The average Bonchev–Trinajstić information content (AvgIpc) is 2.34. The minimum atomic E-state index is -0.541. The molecule has 0 fully saturated rings. The number of nitrogens with zero attached hydrogens (tertiary/aromatic N) is 1. The van der Waals surface area contributed by atoms with Gasteiger partial charge < -0.3 is 9.47 Å². The number of ether oxygens (including phenoxy) is 2. The van der Waals surface area contributed by atoms with E-state index in [4.69, 9.17) is 14.7 Å². The molecule has 1 amide bonds. The van der Waals surface area contributed by atoms with Crippen LogP contribution in [0.15, 0.2) is 18.2 Å². The summed E-state index contributed by atoms with van der Waals surface area (Å²) in [7, 11) is 1.58. The molecule has 20 heavy (non-hydrogen) atoms. The third-order valence-electron chi connectivity index (χ3n) is 2.43. The van der Waals surface area contributed by atoms with E-state index in [-0.39, 0.29) is 0 Å². The van der Waals surface area contributed by atoms with E-state index < -0.39 is 11.7 Å². The SMILES string of the molecule is COc1ccc(NC(=O)OC(C)(C)C)cc1CCC#N. The second-order valence-corrected chi connectivity index (χ2v) is 5.31. The lowest BCUT2D eigenvalue weighted by Crippen LogP contribution is -2.27. The van der Waals surface area contributed by atoms with Gasteiger partial charge in [-0.3, -0.25) is 5.32 Å². The fraction of sp³-hybridized carbons (Fsp3) is 0.467. The van der Waals surface area contributed by atoms with Crippen molar-refractivity contribution in [1.82, 2.24) is 0 Å². The molecule has 0 aromatic heterocycles. The van der Waals surface area contributed by atoms with Gasteiger partial charge in [-0.05, 0) is 51.0 Å². The van der Waals surface area contributed by atoms with E-state index in [1.807, 2.05) is 0 Å². The van der Waals surface area contributed by atoms with Crippen molar-refractivity contribution in [2.75, 3.05) is 12.4 Å². The van der Waals surface area contributed by atoms with Gasteiger partial charge in [0.1, 0.15) is 11.4 Å². The Kier molecular flexibility index (Phi) is 5.39. The maximum Gasteiger partial charge on any atom is 0.412 e. The fourth-order valence-electron chi connectivity index (χ4n) is 1.66. The Morgan fingerprint density at radius 2 is 2.10 bits per heavy atom. The van der Waals surface area contributed by atoms with Crippen LogP contribution in [0.25, 0.3) is 0 Å². The highest BCUT2D eigenvalue weighted by Gasteiger charge is 2.16. The number of hydrogen-bond donors (Lipinski definition) is 1. The van der Waals surface area contributed by atoms with E-state index in [1.54, 1.807) is 46.1 Å². The van der Waals surface area contributed by atoms with Crippen LogP contribution >= 0.6 is 0 Å². The van der Waals surface area contributed by atoms with Crippen molar-refractivity contribution in [1.29, 1.82) is 5.26 Å². The monoisotopic (exact) mass is 276 g/mol. The summed E-state index contributed by atoms with van der Waals surface area (Å²) in [4.78, 5) is 11.7. The maximum absolute atomic E-state index is 11.7. The van der Waals surface area contributed by atoms with Crippen molar-refractivity contribution in [3.05, 3.63) is 23.8 Å². The molecule has 108 valence electrons. The van der Waals surface area contributed by atoms with Gasteiger partial charge in [-0.2, -0.15) is 5.26 Å². The van der Waals surface area contributed by atoms with Gasteiger partial charge >= 0.3 is 6.09 Å². The molecule has 0 heterocycles. The van der Waals surface area contributed by atoms with E-state index in [0.29, 0.717) is 24.3 Å². The molecule has 0 aliphatic heterocycles. The number of carbonyl (C=O) groups is 1. The van der Waals surface area contributed by atoms with E-state index >= 15 is 0 Å². The van der Waals surface area contributed by atoms with Crippen molar-refractivity contribution >= 4 is 11.8 Å². The van der Waals surface area contributed by atoms with E-state index in [1.165, 1.54) is 0 Å². The Balaban J connectivity index is 2.81. The molecule has 1 N–H and O–H groups in total. The molecule has 0 bridgehead atoms. The second-order valence-electron chi connectivity index (χ2n) is 5.31. The highest BCUT2D eigenvalue weighted by Crippen LogP contribution is 2.24. The highest BCUT2D eigenvalue weighted by molar-refractivity contribution is 5.85. The van der Waals surface area contributed by atoms with E-state index in [9.17, 15) is 4.79 Å². The molecule has 0 radical (unpaired) electrons. The van der Waals surface area contributed by atoms with Crippen LogP contribution in [0.5, 0.6) is 5.75 Å². The van der Waals surface area contributed by atoms with Crippen LogP contribution in [-0.2, 0) is 11.2 Å². The lowest BCUT2D eigenvalue weighted by Gasteiger charge is -2.20. The van der Waals surface area contributed by atoms with Crippen LogP contribution in [0.2, 0.25) is 0 Å². The van der Waals surface area contributed by atoms with Gasteiger partial charge in [0.25, 0.3) is 0 Å². The molecule has 1 rings (SSSR count). The van der Waals surface area contributed by atoms with Gasteiger partial charge in [-0.25, -0.2) is 4.79 Å². The summed E-state index contributed by atoms with van der Waals surface area (Å²) in [5, 5.41) is 11.3. The Morgan fingerprint density at radius 1 is 1.40 bits per heavy atom. The zero-order valence-corrected chi connectivity index (χ0v) is 12.3. The molecular weight excluding hydrogens is 256 g/mol. The predicted octanol–water partition coefficient (Wildman–Crippen LogP) is 3.50. The Labute approximate surface area is 119 Å². The van der Waals surface area contributed by atoms with Crippen LogP contribution in [0, 0.1) is 11.3 Å². The second kappa shape index (κ2) is 6.80. The molecule has 5 heteroatoms. The Morgan fingerprint density at radius 3 is 2.65 bits per heavy atom. The lowest BCUT2D eigenvalue weighted by molar-refractivity contribution is 0.0636. The summed E-state index contributed by atoms with van der Waals surface area (Å²) in [6.07, 6.45) is 0.462. The van der Waals surface area contributed by atoms with E-state index in [2.05, 4.69) is 11.4 Å². The van der Waals surface area contributed by atoms with Crippen molar-refractivity contribution in [3.8, 4) is 11.8 Å². The van der Waals surface area contributed by atoms with Crippen LogP contribution in [0.4, 0.5) is 10.5 Å². The average molecular weight is 276 g/mol. The zero-order chi connectivity index (χ0) is 15.2. The molecule has 1 aromatic carbocycles. The fourth-order valence-corrected chi connectivity index (χ4v) is 1.66. The van der Waals surface area contributed by atoms with Gasteiger partial charge in [0.05, 0.1) is 13.2 Å². The number of anilines is 1. The summed E-state index contributed by atoms with van der Waals surface area (Å²) in [5.41, 5.74) is 0.954. The number of nitriles is 1. The van der Waals surface area contributed by atoms with Crippen LogP contribution in [0.1, 0.15) is 32.8 Å². The molecule has 0 aliphatic rings. The molecule has 0 saturated carbocycles. The molecule has 0 aliphatic carbocycles. The van der Waals surface area contributed by atoms with Gasteiger partial charge in [0, 0.05) is 12.1 Å². The third-order valence-corrected chi connectivity index (χ3v) is 2.43. The van der Waals surface area contributed by atoms with Crippen LogP contribution in [0.3, 0.4) is 0 Å². The molecule has 0 spiro atoms. The molecule has 0 saturated heterocycles. The topological polar surface area (TPSA) is 71.3 Å². The molecular formula is C15H20N2O3. The summed E-state index contributed by atoms with van der Waals surface area (Å²) in [5.74, 6) is 0.704. The van der Waals surface area contributed by atoms with Crippen molar-refractivity contribution in [2.24, 2.45) is 0 Å². The quantitative estimate of drug-likeness (QED) is 0.913. The minimum Gasteiger partial charge on any atom is -0.496 e. The number of nitrogens with one attached hydrogen (secondary N) is 1. The summed E-state index contributed by atoms with van der Waals surface area (Å²) in [6, 6.07) is 7.38. The van der Waals surface area contributed by atoms with Crippen molar-refractivity contribution < 1.29 is 14.3 Å². The first-order valence-corrected chi connectivity index (χ1v) is 6.39. The minimum absolute atomic E-state index is 0.395. The number of hydrogen-bond acceptors (Lipinski definition) is 4. The smallest absolute Gasteiger partial charge is 0.412 e. The van der Waals surface area contributed by atoms with Gasteiger partial charge in [0.15, 0.2) is 0 Å². The maximum atomic E-state index is 11.7. The molecule has 5 nitrogen and oxygen atoms in total. The van der Waals surface area contributed by atoms with Gasteiger partial charge in [-0.15, -0.1) is 0 Å². The summed E-state index contributed by atoms with van der Waals surface area (Å²) < 4.78 is 10.4. The first-order chi connectivity index (χ1) is 9.35. The zero-order valence-electron chi connectivity index (χ0n) is 12.3. The van der Waals surface area contributed by atoms with Crippen LogP contribution in [-0.4, -0.2) is 18.8 Å². The van der Waals surface area contributed by atoms with Gasteiger partial charge in [0.2, 0.25) is 0 Å². The highest BCUT2D eigenvalue weighted by atomic mass is 16.6. The number of benzene rings is 1. The number of amides is 1. The Bertz CT molecular complexity index is 513. The van der Waals surface area contributed by atoms with E-state index in [0.717, 1.165) is 5.56 Å². The number of carbonyl (C=O) groups excluding carboxylic acids is 1. The van der Waals surface area contributed by atoms with Gasteiger partial charge in [-0.1, -0.05) is 0 Å². The number of rotatable bonds is 4. The summed E-state index contributed by atoms with van der Waals surface area (Å²) in [6.45, 7) is 5.41.